The maximum absolute atomic E-state index is 4.64. The first-order valence-corrected chi connectivity index (χ1v) is 8.20. The molecule has 23 heavy (non-hydrogen) atoms. The van der Waals surface area contributed by atoms with E-state index in [-0.39, 0.29) is 0 Å². The molecule has 0 aliphatic heterocycles. The molecule has 4 aromatic heterocycles. The summed E-state index contributed by atoms with van der Waals surface area (Å²) >= 11 is 1.77. The number of hydrogen-bond donors (Lipinski definition) is 0. The first-order valence-electron chi connectivity index (χ1n) is 7.38. The first-order chi connectivity index (χ1) is 11.4. The Balaban J connectivity index is 1.93. The van der Waals surface area contributed by atoms with E-state index in [9.17, 15) is 0 Å². The van der Waals surface area contributed by atoms with Crippen LogP contribution in [0.2, 0.25) is 0 Å². The number of pyridine rings is 3. The van der Waals surface area contributed by atoms with Gasteiger partial charge in [-0.3, -0.25) is 15.0 Å². The molecule has 0 fully saturated rings. The predicted octanol–water partition coefficient (Wildman–Crippen LogP) is 5.06. The monoisotopic (exact) mass is 313 g/mol. The van der Waals surface area contributed by atoms with E-state index in [1.165, 1.54) is 20.2 Å². The minimum atomic E-state index is 0.896. The molecule has 0 amide bonds. The van der Waals surface area contributed by atoms with Gasteiger partial charge in [-0.15, -0.1) is 11.3 Å². The van der Waals surface area contributed by atoms with Gasteiger partial charge >= 0.3 is 0 Å². The number of thiophene rings is 1. The average Bonchev–Trinajstić information content (AvgIpc) is 3.00. The lowest BCUT2D eigenvalue weighted by Gasteiger charge is -2.05. The SMILES string of the molecule is c1ccc2c(c1)sc1c(-c3nccc4ncccc34)nccc12. The number of benzene rings is 1. The van der Waals surface area contributed by atoms with Gasteiger partial charge in [0, 0.05) is 39.4 Å². The molecule has 0 bridgehead atoms. The van der Waals surface area contributed by atoms with Crippen molar-refractivity contribution in [3.8, 4) is 11.4 Å². The van der Waals surface area contributed by atoms with Crippen molar-refractivity contribution in [1.29, 1.82) is 0 Å². The van der Waals surface area contributed by atoms with Crippen molar-refractivity contribution < 1.29 is 0 Å². The maximum atomic E-state index is 4.64. The Morgan fingerprint density at radius 3 is 2.43 bits per heavy atom. The van der Waals surface area contributed by atoms with E-state index in [1.807, 2.05) is 18.3 Å². The van der Waals surface area contributed by atoms with Gasteiger partial charge in [0.2, 0.25) is 0 Å². The number of rotatable bonds is 1. The fraction of sp³-hybridized carbons (Fsp3) is 0. The van der Waals surface area contributed by atoms with Crippen molar-refractivity contribution in [2.75, 3.05) is 0 Å². The van der Waals surface area contributed by atoms with Crippen LogP contribution in [0.4, 0.5) is 0 Å². The summed E-state index contributed by atoms with van der Waals surface area (Å²) in [4.78, 5) is 13.7. The highest BCUT2D eigenvalue weighted by molar-refractivity contribution is 7.26. The van der Waals surface area contributed by atoms with Gasteiger partial charge in [-0.2, -0.15) is 0 Å². The zero-order valence-electron chi connectivity index (χ0n) is 12.1. The van der Waals surface area contributed by atoms with Crippen LogP contribution in [0.1, 0.15) is 0 Å². The molecule has 0 saturated heterocycles. The van der Waals surface area contributed by atoms with Crippen LogP contribution in [0.15, 0.2) is 67.1 Å². The second-order valence-corrected chi connectivity index (χ2v) is 6.42. The highest BCUT2D eigenvalue weighted by Crippen LogP contribution is 2.39. The zero-order valence-corrected chi connectivity index (χ0v) is 12.9. The minimum Gasteiger partial charge on any atom is -0.256 e. The van der Waals surface area contributed by atoms with Crippen LogP contribution in [0, 0.1) is 0 Å². The van der Waals surface area contributed by atoms with Crippen LogP contribution in [-0.4, -0.2) is 15.0 Å². The quantitative estimate of drug-likeness (QED) is 0.434. The summed E-state index contributed by atoms with van der Waals surface area (Å²) in [5.41, 5.74) is 2.77. The maximum Gasteiger partial charge on any atom is 0.107 e. The fourth-order valence-electron chi connectivity index (χ4n) is 3.01. The summed E-state index contributed by atoms with van der Waals surface area (Å²) in [6, 6.07) is 16.5. The molecule has 0 aliphatic rings. The van der Waals surface area contributed by atoms with Crippen molar-refractivity contribution in [2.45, 2.75) is 0 Å². The lowest BCUT2D eigenvalue weighted by atomic mass is 10.1. The number of nitrogens with zero attached hydrogens (tertiary/aromatic N) is 3. The molecule has 5 rings (SSSR count). The molecule has 1 aromatic carbocycles. The molecular weight excluding hydrogens is 302 g/mol. The molecule has 0 radical (unpaired) electrons. The van der Waals surface area contributed by atoms with Gasteiger partial charge in [-0.25, -0.2) is 0 Å². The summed E-state index contributed by atoms with van der Waals surface area (Å²) < 4.78 is 2.45. The Morgan fingerprint density at radius 2 is 1.43 bits per heavy atom. The normalized spacial score (nSPS) is 11.5. The highest BCUT2D eigenvalue weighted by Gasteiger charge is 2.14. The number of fused-ring (bicyclic) bond motifs is 4. The molecule has 4 heteroatoms. The third-order valence-corrected chi connectivity index (χ3v) is 5.24. The summed E-state index contributed by atoms with van der Waals surface area (Å²) in [5, 5.41) is 3.54. The third kappa shape index (κ3) is 1.85. The molecule has 5 aromatic rings. The molecule has 108 valence electrons. The van der Waals surface area contributed by atoms with Gasteiger partial charge in [0.15, 0.2) is 0 Å². The lowest BCUT2D eigenvalue weighted by molar-refractivity contribution is 1.28. The van der Waals surface area contributed by atoms with E-state index < -0.39 is 0 Å². The largest absolute Gasteiger partial charge is 0.256 e. The van der Waals surface area contributed by atoms with Crippen molar-refractivity contribution in [2.24, 2.45) is 0 Å². The van der Waals surface area contributed by atoms with Gasteiger partial charge in [0.1, 0.15) is 5.69 Å². The van der Waals surface area contributed by atoms with Crippen LogP contribution in [0.5, 0.6) is 0 Å². The molecule has 0 atom stereocenters. The molecule has 0 N–H and O–H groups in total. The van der Waals surface area contributed by atoms with E-state index in [2.05, 4.69) is 51.4 Å². The number of hydrogen-bond acceptors (Lipinski definition) is 4. The summed E-state index contributed by atoms with van der Waals surface area (Å²) in [7, 11) is 0. The minimum absolute atomic E-state index is 0.896. The molecular formula is C19H11N3S. The van der Waals surface area contributed by atoms with Gasteiger partial charge in [-0.05, 0) is 30.3 Å². The van der Waals surface area contributed by atoms with Gasteiger partial charge in [-0.1, -0.05) is 18.2 Å². The smallest absolute Gasteiger partial charge is 0.107 e. The Labute approximate surface area is 136 Å². The molecule has 0 spiro atoms. The second kappa shape index (κ2) is 4.83. The summed E-state index contributed by atoms with van der Waals surface area (Å²) in [5.74, 6) is 0. The highest BCUT2D eigenvalue weighted by atomic mass is 32.1. The average molecular weight is 313 g/mol. The molecule has 0 unspecified atom stereocenters. The van der Waals surface area contributed by atoms with E-state index in [0.29, 0.717) is 0 Å². The van der Waals surface area contributed by atoms with E-state index in [1.54, 1.807) is 23.7 Å². The van der Waals surface area contributed by atoms with Crippen molar-refractivity contribution in [3.05, 3.63) is 67.1 Å². The lowest BCUT2D eigenvalue weighted by Crippen LogP contribution is -1.90. The van der Waals surface area contributed by atoms with Crippen LogP contribution in [-0.2, 0) is 0 Å². The second-order valence-electron chi connectivity index (χ2n) is 5.36. The van der Waals surface area contributed by atoms with Crippen molar-refractivity contribution >= 4 is 42.4 Å². The van der Waals surface area contributed by atoms with E-state index in [0.717, 1.165) is 22.3 Å². The molecule has 0 saturated carbocycles. The Bertz CT molecular complexity index is 1170. The van der Waals surface area contributed by atoms with Gasteiger partial charge in [0.25, 0.3) is 0 Å². The fourth-order valence-corrected chi connectivity index (χ4v) is 4.20. The van der Waals surface area contributed by atoms with E-state index in [4.69, 9.17) is 0 Å². The molecule has 4 heterocycles. The van der Waals surface area contributed by atoms with Crippen molar-refractivity contribution in [1.82, 2.24) is 15.0 Å². The predicted molar refractivity (Wildman–Crippen MR) is 95.7 cm³/mol. The van der Waals surface area contributed by atoms with Crippen LogP contribution in [0.3, 0.4) is 0 Å². The van der Waals surface area contributed by atoms with E-state index >= 15 is 0 Å². The summed E-state index contributed by atoms with van der Waals surface area (Å²) in [6.45, 7) is 0. The molecule has 0 aliphatic carbocycles. The topological polar surface area (TPSA) is 38.7 Å². The third-order valence-electron chi connectivity index (χ3n) is 4.05. The van der Waals surface area contributed by atoms with Gasteiger partial charge in [0.05, 0.1) is 15.9 Å². The first kappa shape index (κ1) is 12.7. The summed E-state index contributed by atoms with van der Waals surface area (Å²) in [6.07, 6.45) is 5.48. The zero-order chi connectivity index (χ0) is 15.2. The van der Waals surface area contributed by atoms with Gasteiger partial charge < -0.3 is 0 Å². The van der Waals surface area contributed by atoms with Crippen LogP contribution >= 0.6 is 11.3 Å². The number of aromatic nitrogens is 3. The van der Waals surface area contributed by atoms with Crippen LogP contribution < -0.4 is 0 Å². The molecule has 3 nitrogen and oxygen atoms in total. The van der Waals surface area contributed by atoms with Crippen LogP contribution in [0.25, 0.3) is 42.5 Å². The standard InChI is InChI=1S/C19H11N3S/c1-2-6-16-12(4-1)13-7-10-22-18(19(13)23-16)17-14-5-3-9-20-15(14)8-11-21-17/h1-11H. The Hall–Kier alpha value is -2.85. The van der Waals surface area contributed by atoms with Crippen molar-refractivity contribution in [3.63, 3.8) is 0 Å². The Morgan fingerprint density at radius 1 is 0.609 bits per heavy atom. The Kier molecular flexibility index (Phi) is 2.66.